The predicted molar refractivity (Wildman–Crippen MR) is 188 cm³/mol. The van der Waals surface area contributed by atoms with E-state index in [0.717, 1.165) is 34.7 Å². The Labute approximate surface area is 275 Å². The number of aromatic nitrogens is 2. The van der Waals surface area contributed by atoms with Gasteiger partial charge in [0.05, 0.1) is 18.8 Å². The van der Waals surface area contributed by atoms with Gasteiger partial charge in [-0.15, -0.1) is 13.2 Å². The Morgan fingerprint density at radius 2 is 1.74 bits per heavy atom. The molecule has 3 aromatic rings. The predicted octanol–water partition coefficient (Wildman–Crippen LogP) is 8.31. The number of rotatable bonds is 15. The number of anilines is 1. The van der Waals surface area contributed by atoms with Gasteiger partial charge < -0.3 is 24.1 Å². The monoisotopic (exact) mass is 646 g/mol. The maximum Gasteiger partial charge on any atom is 0.411 e. The van der Waals surface area contributed by atoms with E-state index in [0.29, 0.717) is 36.7 Å². The molecule has 0 bridgehead atoms. The minimum atomic E-state index is -1.30. The highest BCUT2D eigenvalue weighted by molar-refractivity contribution is 6.76. The molecule has 1 aromatic heterocycles. The molecule has 0 fully saturated rings. The van der Waals surface area contributed by atoms with Gasteiger partial charge in [-0.25, -0.2) is 14.6 Å². The smallest absolute Gasteiger partial charge is 0.411 e. The molecule has 1 atom stereocenters. The van der Waals surface area contributed by atoms with E-state index in [9.17, 15) is 9.59 Å². The zero-order valence-electron chi connectivity index (χ0n) is 28.4. The lowest BCUT2D eigenvalue weighted by atomic mass is 10.0. The van der Waals surface area contributed by atoms with Crippen molar-refractivity contribution in [3.05, 3.63) is 96.5 Å². The third-order valence-corrected chi connectivity index (χ3v) is 8.73. The van der Waals surface area contributed by atoms with Gasteiger partial charge >= 0.3 is 12.2 Å². The molecule has 46 heavy (non-hydrogen) atoms. The first-order chi connectivity index (χ1) is 21.7. The second-order valence-corrected chi connectivity index (χ2v) is 19.1. The van der Waals surface area contributed by atoms with E-state index in [1.54, 1.807) is 6.08 Å². The molecule has 0 spiro atoms. The molecule has 9 nitrogen and oxygen atoms in total. The van der Waals surface area contributed by atoms with Crippen molar-refractivity contribution in [2.45, 2.75) is 84.1 Å². The first-order valence-corrected chi connectivity index (χ1v) is 19.3. The van der Waals surface area contributed by atoms with Crippen LogP contribution in [0, 0.1) is 0 Å². The van der Waals surface area contributed by atoms with E-state index in [1.165, 1.54) is 7.11 Å². The lowest BCUT2D eigenvalue weighted by Crippen LogP contribution is -2.37. The van der Waals surface area contributed by atoms with Crippen molar-refractivity contribution in [2.75, 3.05) is 19.0 Å². The summed E-state index contributed by atoms with van der Waals surface area (Å²) in [6.07, 6.45) is 6.34. The average molecular weight is 647 g/mol. The molecule has 1 heterocycles. The van der Waals surface area contributed by atoms with Gasteiger partial charge in [0.2, 0.25) is 0 Å². The first kappa shape index (κ1) is 36.3. The summed E-state index contributed by atoms with van der Waals surface area (Å²) in [4.78, 5) is 30.2. The van der Waals surface area contributed by atoms with Crippen LogP contribution in [0.3, 0.4) is 0 Å². The van der Waals surface area contributed by atoms with Crippen LogP contribution >= 0.6 is 0 Å². The van der Waals surface area contributed by atoms with Gasteiger partial charge in [-0.1, -0.05) is 62.1 Å². The Balaban J connectivity index is 2.10. The molecule has 2 aromatic carbocycles. The Morgan fingerprint density at radius 1 is 1.02 bits per heavy atom. The number of carbonyl (C=O) groups is 2. The summed E-state index contributed by atoms with van der Waals surface area (Å²) in [5.74, 6) is 0.643. The number of nitrogens with one attached hydrogen (secondary N) is 2. The van der Waals surface area contributed by atoms with E-state index in [2.05, 4.69) is 55.6 Å². The molecule has 3 rings (SSSR count). The first-order valence-electron chi connectivity index (χ1n) is 15.6. The molecule has 248 valence electrons. The van der Waals surface area contributed by atoms with Crippen LogP contribution in [-0.2, 0) is 40.2 Å². The van der Waals surface area contributed by atoms with Crippen molar-refractivity contribution in [1.29, 1.82) is 0 Å². The third-order valence-electron chi connectivity index (χ3n) is 7.03. The van der Waals surface area contributed by atoms with Gasteiger partial charge in [-0.05, 0) is 68.5 Å². The minimum Gasteiger partial charge on any atom is -0.453 e. The van der Waals surface area contributed by atoms with Crippen LogP contribution in [0.2, 0.25) is 25.7 Å². The fraction of sp³-hybridized carbons (Fsp3) is 0.417. The number of allylic oxidation sites excluding steroid dienone is 2. The molecule has 0 radical (unpaired) electrons. The summed E-state index contributed by atoms with van der Waals surface area (Å²) in [6, 6.07) is 14.4. The van der Waals surface area contributed by atoms with Crippen molar-refractivity contribution >= 4 is 25.9 Å². The number of amides is 2. The van der Waals surface area contributed by atoms with Gasteiger partial charge in [0, 0.05) is 38.5 Å². The molecule has 0 unspecified atom stereocenters. The number of benzene rings is 2. The van der Waals surface area contributed by atoms with E-state index >= 15 is 0 Å². The molecular weight excluding hydrogens is 597 g/mol. The van der Waals surface area contributed by atoms with E-state index < -0.39 is 31.9 Å². The summed E-state index contributed by atoms with van der Waals surface area (Å²) in [6.45, 7) is 21.2. The van der Waals surface area contributed by atoms with Crippen LogP contribution in [0.1, 0.15) is 49.3 Å². The molecule has 0 aliphatic rings. The van der Waals surface area contributed by atoms with Crippen molar-refractivity contribution in [2.24, 2.45) is 0 Å². The Kier molecular flexibility index (Phi) is 13.0. The SMILES string of the molecule is C=CCc1cccc(C[C@H](NC(=O)OC(C)(C)C)c2nc(-c3ccc(NC(=O)OC)cc3CC=C)cn2COCC[Si](C)(C)C)c1. The summed E-state index contributed by atoms with van der Waals surface area (Å²) >= 11 is 0. The number of imidazole rings is 1. The Bertz CT molecular complexity index is 1500. The van der Waals surface area contributed by atoms with Gasteiger partial charge in [0.1, 0.15) is 18.2 Å². The zero-order valence-corrected chi connectivity index (χ0v) is 29.4. The fourth-order valence-electron chi connectivity index (χ4n) is 4.84. The van der Waals surface area contributed by atoms with Crippen LogP contribution in [0.25, 0.3) is 11.3 Å². The van der Waals surface area contributed by atoms with Crippen LogP contribution in [0.15, 0.2) is 74.0 Å². The lowest BCUT2D eigenvalue weighted by molar-refractivity contribution is 0.0491. The molecule has 0 saturated carbocycles. The second-order valence-electron chi connectivity index (χ2n) is 13.5. The number of methoxy groups -OCH3 is 1. The Morgan fingerprint density at radius 3 is 2.39 bits per heavy atom. The number of ether oxygens (including phenoxy) is 3. The van der Waals surface area contributed by atoms with Crippen molar-refractivity contribution in [1.82, 2.24) is 14.9 Å². The van der Waals surface area contributed by atoms with Gasteiger partial charge in [-0.2, -0.15) is 0 Å². The topological polar surface area (TPSA) is 104 Å². The third kappa shape index (κ3) is 11.6. The number of alkyl carbamates (subject to hydrolysis) is 1. The highest BCUT2D eigenvalue weighted by Crippen LogP contribution is 2.30. The second kappa shape index (κ2) is 16.4. The minimum absolute atomic E-state index is 0.272. The summed E-state index contributed by atoms with van der Waals surface area (Å²) < 4.78 is 18.6. The summed E-state index contributed by atoms with van der Waals surface area (Å²) in [7, 11) is 0.0235. The Hall–Kier alpha value is -4.15. The normalized spacial score (nSPS) is 12.2. The van der Waals surface area contributed by atoms with Crippen molar-refractivity contribution in [3.8, 4) is 11.3 Å². The van der Waals surface area contributed by atoms with Crippen LogP contribution in [0.5, 0.6) is 0 Å². The molecule has 0 aliphatic heterocycles. The van der Waals surface area contributed by atoms with E-state index in [-0.39, 0.29) is 6.73 Å². The fourth-order valence-corrected chi connectivity index (χ4v) is 5.60. The average Bonchev–Trinajstić information content (AvgIpc) is 3.38. The molecule has 10 heteroatoms. The maximum atomic E-state index is 13.2. The zero-order chi connectivity index (χ0) is 33.9. The maximum absolute atomic E-state index is 13.2. The summed E-state index contributed by atoms with van der Waals surface area (Å²) in [5, 5.41) is 5.82. The van der Waals surface area contributed by atoms with Crippen LogP contribution < -0.4 is 10.6 Å². The highest BCUT2D eigenvalue weighted by atomic mass is 28.3. The largest absolute Gasteiger partial charge is 0.453 e. The van der Waals surface area contributed by atoms with Crippen LogP contribution in [0.4, 0.5) is 15.3 Å². The van der Waals surface area contributed by atoms with Crippen LogP contribution in [-0.4, -0.2) is 49.1 Å². The molecule has 2 amide bonds. The molecular formula is C36H50N4O5Si. The van der Waals surface area contributed by atoms with Gasteiger partial charge in [0.25, 0.3) is 0 Å². The highest BCUT2D eigenvalue weighted by Gasteiger charge is 2.26. The quantitative estimate of drug-likeness (QED) is 0.0978. The molecule has 2 N–H and O–H groups in total. The summed E-state index contributed by atoms with van der Waals surface area (Å²) in [5.41, 5.74) is 4.62. The van der Waals surface area contributed by atoms with Crippen molar-refractivity contribution in [3.63, 3.8) is 0 Å². The van der Waals surface area contributed by atoms with E-state index in [1.807, 2.05) is 67.9 Å². The van der Waals surface area contributed by atoms with Gasteiger partial charge in [-0.3, -0.25) is 5.32 Å². The van der Waals surface area contributed by atoms with Crippen molar-refractivity contribution < 1.29 is 23.8 Å². The lowest BCUT2D eigenvalue weighted by Gasteiger charge is -2.24. The molecule has 0 aliphatic carbocycles. The van der Waals surface area contributed by atoms with E-state index in [4.69, 9.17) is 19.2 Å². The standard InChI is InChI=1S/C36H50N4O5Si/c1-10-13-26-15-12-16-27(21-26)22-31(39-35(42)45-36(3,4)5)33-38-32(24-40(33)25-44-19-20-46(7,8)9)30-18-17-29(37-34(41)43-6)23-28(30)14-11-2/h10-12,15-18,21,23-24,31H,1-2,13-14,19-20,22,25H2,3-9H3,(H,37,41)(H,39,42)/t31-/m0/s1. The van der Waals surface area contributed by atoms with Gasteiger partial charge in [0.15, 0.2) is 0 Å². The number of nitrogens with zero attached hydrogens (tertiary/aromatic N) is 2. The number of carbonyl (C=O) groups excluding carboxylic acids is 2. The molecule has 0 saturated heterocycles. The number of hydrogen-bond acceptors (Lipinski definition) is 6. The number of hydrogen-bond donors (Lipinski definition) is 2.